The van der Waals surface area contributed by atoms with Gasteiger partial charge < -0.3 is 19.4 Å². The van der Waals surface area contributed by atoms with Crippen molar-refractivity contribution in [2.45, 2.75) is 26.4 Å². The van der Waals surface area contributed by atoms with Gasteiger partial charge in [-0.1, -0.05) is 12.1 Å². The minimum absolute atomic E-state index is 0.215. The maximum atomic E-state index is 12.1. The molecule has 1 saturated heterocycles. The van der Waals surface area contributed by atoms with Crippen molar-refractivity contribution in [3.05, 3.63) is 24.3 Å². The lowest BCUT2D eigenvalue weighted by atomic mass is 10.2. The van der Waals surface area contributed by atoms with E-state index in [4.69, 9.17) is 4.74 Å². The zero-order valence-corrected chi connectivity index (χ0v) is 14.3. The number of nitrogens with zero attached hydrogens (tertiary/aromatic N) is 3. The summed E-state index contributed by atoms with van der Waals surface area (Å²) < 4.78 is 5.44. The average Bonchev–Trinajstić information content (AvgIpc) is 2.45. The first-order chi connectivity index (χ1) is 10.3. The van der Waals surface area contributed by atoms with Crippen molar-refractivity contribution in [2.75, 3.05) is 50.1 Å². The number of rotatable bonds is 2. The Kier molecular flexibility index (Phi) is 4.84. The van der Waals surface area contributed by atoms with E-state index in [9.17, 15) is 4.79 Å². The molecule has 0 N–H and O–H groups in total. The van der Waals surface area contributed by atoms with Gasteiger partial charge >= 0.3 is 6.09 Å². The maximum absolute atomic E-state index is 12.1. The molecular formula is C17H27N3O2. The Morgan fingerprint density at radius 3 is 2.23 bits per heavy atom. The lowest BCUT2D eigenvalue weighted by molar-refractivity contribution is 0.0240. The van der Waals surface area contributed by atoms with Crippen molar-refractivity contribution >= 4 is 17.5 Å². The van der Waals surface area contributed by atoms with Gasteiger partial charge in [0.15, 0.2) is 0 Å². The largest absolute Gasteiger partial charge is 0.444 e. The number of hydrogen-bond donors (Lipinski definition) is 0. The third-order valence-electron chi connectivity index (χ3n) is 3.64. The molecule has 1 aromatic rings. The van der Waals surface area contributed by atoms with Crippen LogP contribution in [0.5, 0.6) is 0 Å². The minimum Gasteiger partial charge on any atom is -0.444 e. The molecule has 1 heterocycles. The first-order valence-electron chi connectivity index (χ1n) is 7.77. The average molecular weight is 305 g/mol. The van der Waals surface area contributed by atoms with Crippen LogP contribution < -0.4 is 9.80 Å². The second kappa shape index (κ2) is 6.46. The Balaban J connectivity index is 2.00. The van der Waals surface area contributed by atoms with Crippen molar-refractivity contribution in [2.24, 2.45) is 0 Å². The molecule has 5 nitrogen and oxygen atoms in total. The highest BCUT2D eigenvalue weighted by molar-refractivity contribution is 5.72. The molecule has 5 heteroatoms. The number of piperazine rings is 1. The van der Waals surface area contributed by atoms with E-state index in [0.717, 1.165) is 13.1 Å². The van der Waals surface area contributed by atoms with E-state index in [2.05, 4.69) is 48.2 Å². The quantitative estimate of drug-likeness (QED) is 0.842. The molecule has 0 aliphatic carbocycles. The Labute approximate surface area is 133 Å². The van der Waals surface area contributed by atoms with Crippen LogP contribution in [0, 0.1) is 0 Å². The molecule has 1 aliphatic heterocycles. The van der Waals surface area contributed by atoms with Crippen LogP contribution in [-0.4, -0.2) is 56.9 Å². The summed E-state index contributed by atoms with van der Waals surface area (Å²) in [4.78, 5) is 18.4. The molecule has 1 aliphatic rings. The molecule has 122 valence electrons. The van der Waals surface area contributed by atoms with Gasteiger partial charge in [0.1, 0.15) is 5.60 Å². The minimum atomic E-state index is -0.439. The van der Waals surface area contributed by atoms with Crippen LogP contribution >= 0.6 is 0 Å². The van der Waals surface area contributed by atoms with E-state index < -0.39 is 5.60 Å². The SMILES string of the molecule is CN(C)c1ccccc1N1CCN(C(=O)OC(C)(C)C)CC1. The third kappa shape index (κ3) is 4.06. The van der Waals surface area contributed by atoms with Gasteiger partial charge in [0.25, 0.3) is 0 Å². The Hall–Kier alpha value is -1.91. The predicted octanol–water partition coefficient (Wildman–Crippen LogP) is 2.81. The van der Waals surface area contributed by atoms with E-state index in [1.54, 1.807) is 4.90 Å². The highest BCUT2D eigenvalue weighted by Gasteiger charge is 2.26. The summed E-state index contributed by atoms with van der Waals surface area (Å²) in [6.07, 6.45) is -0.215. The lowest BCUT2D eigenvalue weighted by Crippen LogP contribution is -2.50. The van der Waals surface area contributed by atoms with Gasteiger partial charge in [0, 0.05) is 40.3 Å². The van der Waals surface area contributed by atoms with Gasteiger partial charge in [0.2, 0.25) is 0 Å². The summed E-state index contributed by atoms with van der Waals surface area (Å²) in [5.74, 6) is 0. The van der Waals surface area contributed by atoms with Crippen molar-refractivity contribution in [1.82, 2.24) is 4.90 Å². The number of hydrogen-bond acceptors (Lipinski definition) is 4. The Morgan fingerprint density at radius 1 is 1.09 bits per heavy atom. The number of para-hydroxylation sites is 2. The Morgan fingerprint density at radius 2 is 1.68 bits per heavy atom. The fraction of sp³-hybridized carbons (Fsp3) is 0.588. The predicted molar refractivity (Wildman–Crippen MR) is 90.8 cm³/mol. The van der Waals surface area contributed by atoms with Gasteiger partial charge in [0.05, 0.1) is 11.4 Å². The molecule has 1 amide bonds. The normalized spacial score (nSPS) is 15.7. The van der Waals surface area contributed by atoms with Crippen molar-refractivity contribution < 1.29 is 9.53 Å². The molecule has 0 bridgehead atoms. The molecule has 22 heavy (non-hydrogen) atoms. The van der Waals surface area contributed by atoms with Crippen molar-refractivity contribution in [1.29, 1.82) is 0 Å². The van der Waals surface area contributed by atoms with Crippen LogP contribution in [-0.2, 0) is 4.74 Å². The van der Waals surface area contributed by atoms with E-state index in [1.165, 1.54) is 11.4 Å². The van der Waals surface area contributed by atoms with Gasteiger partial charge in [-0.3, -0.25) is 0 Å². The molecule has 0 aromatic heterocycles. The molecule has 0 saturated carbocycles. The zero-order chi connectivity index (χ0) is 16.3. The fourth-order valence-electron chi connectivity index (χ4n) is 2.57. The van der Waals surface area contributed by atoms with E-state index >= 15 is 0 Å². The number of carbonyl (C=O) groups excluding carboxylic acids is 1. The molecule has 1 fully saturated rings. The first kappa shape index (κ1) is 16.5. The summed E-state index contributed by atoms with van der Waals surface area (Å²) in [6, 6.07) is 8.37. The van der Waals surface area contributed by atoms with Gasteiger partial charge in [-0.05, 0) is 32.9 Å². The summed E-state index contributed by atoms with van der Waals surface area (Å²) in [5, 5.41) is 0. The number of anilines is 2. The molecule has 0 spiro atoms. The van der Waals surface area contributed by atoms with Crippen LogP contribution in [0.25, 0.3) is 0 Å². The van der Waals surface area contributed by atoms with E-state index in [0.29, 0.717) is 13.1 Å². The molecule has 0 unspecified atom stereocenters. The van der Waals surface area contributed by atoms with E-state index in [1.807, 2.05) is 20.8 Å². The standard InChI is InChI=1S/C17H27N3O2/c1-17(2,3)22-16(21)20-12-10-19(11-13-20)15-9-7-6-8-14(15)18(4)5/h6-9H,10-13H2,1-5H3. The van der Waals surface area contributed by atoms with Gasteiger partial charge in [-0.2, -0.15) is 0 Å². The second-order valence-corrected chi connectivity index (χ2v) is 6.84. The van der Waals surface area contributed by atoms with Gasteiger partial charge in [-0.15, -0.1) is 0 Å². The lowest BCUT2D eigenvalue weighted by Gasteiger charge is -2.38. The fourth-order valence-corrected chi connectivity index (χ4v) is 2.57. The summed E-state index contributed by atoms with van der Waals surface area (Å²) in [7, 11) is 4.10. The van der Waals surface area contributed by atoms with Crippen molar-refractivity contribution in [3.8, 4) is 0 Å². The van der Waals surface area contributed by atoms with E-state index in [-0.39, 0.29) is 6.09 Å². The third-order valence-corrected chi connectivity index (χ3v) is 3.64. The molecule has 0 atom stereocenters. The molecule has 1 aromatic carbocycles. The van der Waals surface area contributed by atoms with Crippen LogP contribution in [0.4, 0.5) is 16.2 Å². The van der Waals surface area contributed by atoms with Gasteiger partial charge in [-0.25, -0.2) is 4.79 Å². The van der Waals surface area contributed by atoms with Crippen LogP contribution in [0.15, 0.2) is 24.3 Å². The van der Waals surface area contributed by atoms with Crippen LogP contribution in [0.1, 0.15) is 20.8 Å². The topological polar surface area (TPSA) is 36.0 Å². The molecular weight excluding hydrogens is 278 g/mol. The van der Waals surface area contributed by atoms with Crippen LogP contribution in [0.3, 0.4) is 0 Å². The first-order valence-corrected chi connectivity index (χ1v) is 7.77. The summed E-state index contributed by atoms with van der Waals surface area (Å²) >= 11 is 0. The number of carbonyl (C=O) groups is 1. The second-order valence-electron chi connectivity index (χ2n) is 6.84. The highest BCUT2D eigenvalue weighted by atomic mass is 16.6. The smallest absolute Gasteiger partial charge is 0.410 e. The van der Waals surface area contributed by atoms with Crippen molar-refractivity contribution in [3.63, 3.8) is 0 Å². The summed E-state index contributed by atoms with van der Waals surface area (Å²) in [6.45, 7) is 8.72. The maximum Gasteiger partial charge on any atom is 0.410 e. The number of amides is 1. The molecule has 0 radical (unpaired) electrons. The molecule has 2 rings (SSSR count). The number of ether oxygens (including phenoxy) is 1. The number of benzene rings is 1. The Bertz CT molecular complexity index is 515. The summed E-state index contributed by atoms with van der Waals surface area (Å²) in [5.41, 5.74) is 1.98. The monoisotopic (exact) mass is 305 g/mol. The highest BCUT2D eigenvalue weighted by Crippen LogP contribution is 2.28. The van der Waals surface area contributed by atoms with Crippen LogP contribution in [0.2, 0.25) is 0 Å². The zero-order valence-electron chi connectivity index (χ0n) is 14.3.